The molecule has 0 saturated heterocycles. The van der Waals surface area contributed by atoms with Crippen LogP contribution >= 0.6 is 11.3 Å². The lowest BCUT2D eigenvalue weighted by atomic mass is 10.0. The monoisotopic (exact) mass is 306 g/mol. The van der Waals surface area contributed by atoms with Crippen molar-refractivity contribution in [1.82, 2.24) is 0 Å². The Hall–Kier alpha value is -1.03. The number of anilines is 2. The molecule has 2 fully saturated rings. The Balaban J connectivity index is 1.82. The van der Waals surface area contributed by atoms with Crippen molar-refractivity contribution in [1.29, 1.82) is 0 Å². The second-order valence-corrected chi connectivity index (χ2v) is 7.94. The fourth-order valence-corrected chi connectivity index (χ4v) is 4.43. The van der Waals surface area contributed by atoms with E-state index in [1.165, 1.54) is 42.7 Å². The number of thiophene rings is 1. The van der Waals surface area contributed by atoms with Crippen molar-refractivity contribution in [3.05, 3.63) is 10.4 Å². The van der Waals surface area contributed by atoms with E-state index in [0.717, 1.165) is 16.5 Å². The third-order valence-electron chi connectivity index (χ3n) is 4.62. The van der Waals surface area contributed by atoms with E-state index in [1.54, 1.807) is 11.3 Å². The molecule has 2 unspecified atom stereocenters. The fraction of sp³-hybridized carbons (Fsp3) is 0.706. The number of Topliss-reactive ketones (excluding diaryl/α,β-unsaturated/α-hetero) is 1. The first-order chi connectivity index (χ1) is 10.0. The predicted octanol–water partition coefficient (Wildman–Crippen LogP) is 4.65. The number of hydrogen-bond donors (Lipinski definition) is 2. The molecule has 3 rings (SSSR count). The number of hydrogen-bond acceptors (Lipinski definition) is 4. The molecule has 2 aliphatic rings. The summed E-state index contributed by atoms with van der Waals surface area (Å²) in [6.45, 7) is 6.14. The van der Waals surface area contributed by atoms with Gasteiger partial charge >= 0.3 is 0 Å². The van der Waals surface area contributed by atoms with E-state index in [0.29, 0.717) is 12.0 Å². The van der Waals surface area contributed by atoms with Gasteiger partial charge in [0.25, 0.3) is 0 Å². The number of nitrogen functional groups attached to an aromatic ring is 1. The van der Waals surface area contributed by atoms with Gasteiger partial charge in [-0.15, -0.1) is 11.3 Å². The zero-order valence-corrected chi connectivity index (χ0v) is 14.1. The van der Waals surface area contributed by atoms with E-state index in [4.69, 9.17) is 5.73 Å². The van der Waals surface area contributed by atoms with Crippen molar-refractivity contribution in [3.8, 4) is 0 Å². The molecule has 1 aromatic rings. The first-order valence-electron chi connectivity index (χ1n) is 8.25. The van der Waals surface area contributed by atoms with E-state index in [9.17, 15) is 4.79 Å². The van der Waals surface area contributed by atoms with Crippen LogP contribution in [-0.2, 0) is 0 Å². The highest BCUT2D eigenvalue weighted by atomic mass is 32.1. The van der Waals surface area contributed by atoms with Gasteiger partial charge in [-0.3, -0.25) is 4.79 Å². The number of carbonyl (C=O) groups excluding carboxylic acids is 1. The second kappa shape index (κ2) is 5.64. The zero-order chi connectivity index (χ0) is 15.1. The normalized spacial score (nSPS) is 24.4. The minimum atomic E-state index is 0.0135. The van der Waals surface area contributed by atoms with Crippen LogP contribution in [0.5, 0.6) is 0 Å². The molecular formula is C17H26N2OS. The summed E-state index contributed by atoms with van der Waals surface area (Å²) in [6, 6.07) is 0.600. The van der Waals surface area contributed by atoms with Crippen LogP contribution in [0.25, 0.3) is 0 Å². The van der Waals surface area contributed by atoms with E-state index in [2.05, 4.69) is 12.2 Å². The van der Waals surface area contributed by atoms with Gasteiger partial charge in [0.1, 0.15) is 0 Å². The molecule has 0 spiro atoms. The molecule has 116 valence electrons. The highest BCUT2D eigenvalue weighted by Gasteiger charge is 2.39. The Morgan fingerprint density at radius 1 is 1.43 bits per heavy atom. The third-order valence-corrected chi connectivity index (χ3v) is 5.78. The summed E-state index contributed by atoms with van der Waals surface area (Å²) < 4.78 is 0. The molecule has 1 heterocycles. The van der Waals surface area contributed by atoms with Crippen LogP contribution in [0.3, 0.4) is 0 Å². The summed E-state index contributed by atoms with van der Waals surface area (Å²) in [5.41, 5.74) is 8.33. The van der Waals surface area contributed by atoms with Crippen molar-refractivity contribution in [2.75, 3.05) is 11.1 Å². The van der Waals surface area contributed by atoms with Gasteiger partial charge in [-0.05, 0) is 37.5 Å². The van der Waals surface area contributed by atoms with Gasteiger partial charge in [0.2, 0.25) is 0 Å². The van der Waals surface area contributed by atoms with Crippen molar-refractivity contribution >= 4 is 27.8 Å². The smallest absolute Gasteiger partial charge is 0.177 e. The SMILES string of the molecule is CCCC1CC1Nc1sc(C(=O)C(C)C)c(N)c1C1CC1. The largest absolute Gasteiger partial charge is 0.397 e. The maximum atomic E-state index is 12.3. The standard InChI is InChI=1S/C17H26N2OS/c1-4-5-11-8-12(11)19-17-13(10-6-7-10)14(18)16(21-17)15(20)9(2)3/h9-12,19H,4-8,18H2,1-3H3. The molecule has 0 aliphatic heterocycles. The minimum absolute atomic E-state index is 0.0135. The van der Waals surface area contributed by atoms with Crippen molar-refractivity contribution < 1.29 is 4.79 Å². The Bertz CT molecular complexity index is 545. The molecular weight excluding hydrogens is 280 g/mol. The van der Waals surface area contributed by atoms with Crippen molar-refractivity contribution in [3.63, 3.8) is 0 Å². The first kappa shape index (κ1) is 14.9. The maximum Gasteiger partial charge on any atom is 0.177 e. The van der Waals surface area contributed by atoms with Crippen LogP contribution in [0.1, 0.15) is 74.0 Å². The van der Waals surface area contributed by atoms with E-state index < -0.39 is 0 Å². The third kappa shape index (κ3) is 2.96. The molecule has 0 amide bonds. The average molecular weight is 306 g/mol. The van der Waals surface area contributed by atoms with Crippen LogP contribution in [0.15, 0.2) is 0 Å². The Morgan fingerprint density at radius 2 is 2.14 bits per heavy atom. The summed E-state index contributed by atoms with van der Waals surface area (Å²) in [7, 11) is 0. The molecule has 0 aromatic carbocycles. The van der Waals surface area contributed by atoms with Crippen LogP contribution in [0.2, 0.25) is 0 Å². The molecule has 2 saturated carbocycles. The van der Waals surface area contributed by atoms with E-state index in [1.807, 2.05) is 13.8 Å². The van der Waals surface area contributed by atoms with Gasteiger partial charge < -0.3 is 11.1 Å². The predicted molar refractivity (Wildman–Crippen MR) is 90.3 cm³/mol. The van der Waals surface area contributed by atoms with E-state index >= 15 is 0 Å². The Kier molecular flexibility index (Phi) is 4.00. The van der Waals surface area contributed by atoms with Crippen molar-refractivity contribution in [2.45, 2.75) is 64.8 Å². The number of nitrogens with two attached hydrogens (primary N) is 1. The molecule has 2 aliphatic carbocycles. The van der Waals surface area contributed by atoms with Gasteiger partial charge in [-0.25, -0.2) is 0 Å². The van der Waals surface area contributed by atoms with Gasteiger partial charge in [0, 0.05) is 17.5 Å². The van der Waals surface area contributed by atoms with Crippen LogP contribution in [0, 0.1) is 11.8 Å². The van der Waals surface area contributed by atoms with E-state index in [-0.39, 0.29) is 11.7 Å². The van der Waals surface area contributed by atoms with Crippen LogP contribution in [0.4, 0.5) is 10.7 Å². The maximum absolute atomic E-state index is 12.3. The molecule has 0 radical (unpaired) electrons. The highest BCUT2D eigenvalue weighted by molar-refractivity contribution is 7.18. The number of carbonyl (C=O) groups is 1. The zero-order valence-electron chi connectivity index (χ0n) is 13.2. The second-order valence-electron chi connectivity index (χ2n) is 6.92. The summed E-state index contributed by atoms with van der Waals surface area (Å²) in [6.07, 6.45) is 6.25. The molecule has 4 heteroatoms. The number of ketones is 1. The highest BCUT2D eigenvalue weighted by Crippen LogP contribution is 2.52. The lowest BCUT2D eigenvalue weighted by Crippen LogP contribution is -2.08. The lowest BCUT2D eigenvalue weighted by molar-refractivity contribution is 0.0944. The molecule has 21 heavy (non-hydrogen) atoms. The number of nitrogens with one attached hydrogen (secondary N) is 1. The minimum Gasteiger partial charge on any atom is -0.397 e. The quantitative estimate of drug-likeness (QED) is 0.721. The first-order valence-corrected chi connectivity index (χ1v) is 9.07. The lowest BCUT2D eigenvalue weighted by Gasteiger charge is -2.07. The Labute approximate surface area is 131 Å². The number of rotatable bonds is 7. The molecule has 2 atom stereocenters. The molecule has 3 nitrogen and oxygen atoms in total. The van der Waals surface area contributed by atoms with Crippen LogP contribution < -0.4 is 11.1 Å². The van der Waals surface area contributed by atoms with Gasteiger partial charge in [0.05, 0.1) is 15.6 Å². The molecule has 1 aromatic heterocycles. The van der Waals surface area contributed by atoms with Gasteiger partial charge in [-0.1, -0.05) is 27.2 Å². The summed E-state index contributed by atoms with van der Waals surface area (Å²) in [4.78, 5) is 13.1. The molecule has 0 bridgehead atoms. The summed E-state index contributed by atoms with van der Waals surface area (Å²) >= 11 is 1.59. The van der Waals surface area contributed by atoms with Gasteiger partial charge in [-0.2, -0.15) is 0 Å². The van der Waals surface area contributed by atoms with Gasteiger partial charge in [0.15, 0.2) is 5.78 Å². The summed E-state index contributed by atoms with van der Waals surface area (Å²) in [5.74, 6) is 1.60. The average Bonchev–Trinajstić information content (AvgIpc) is 3.33. The Morgan fingerprint density at radius 3 is 2.71 bits per heavy atom. The van der Waals surface area contributed by atoms with Crippen molar-refractivity contribution in [2.24, 2.45) is 11.8 Å². The topological polar surface area (TPSA) is 55.1 Å². The summed E-state index contributed by atoms with van der Waals surface area (Å²) in [5, 5.41) is 4.86. The van der Waals surface area contributed by atoms with Crippen LogP contribution in [-0.4, -0.2) is 11.8 Å². The fourth-order valence-electron chi connectivity index (χ4n) is 3.07. The molecule has 3 N–H and O–H groups in total.